The van der Waals surface area contributed by atoms with Crippen molar-refractivity contribution in [1.29, 1.82) is 0 Å². The first kappa shape index (κ1) is 12.9. The number of carboxylic acids is 1. The molecular formula is C14H18FNO2. The molecule has 98 valence electrons. The lowest BCUT2D eigenvalue weighted by atomic mass is 10.1. The Hall–Kier alpha value is -1.58. The molecule has 2 rings (SSSR count). The first-order valence-corrected chi connectivity index (χ1v) is 6.39. The highest BCUT2D eigenvalue weighted by Crippen LogP contribution is 2.35. The van der Waals surface area contributed by atoms with Crippen LogP contribution >= 0.6 is 0 Å². The molecule has 0 amide bonds. The van der Waals surface area contributed by atoms with E-state index in [0.717, 1.165) is 24.8 Å². The molecule has 1 atom stereocenters. The zero-order valence-electron chi connectivity index (χ0n) is 10.4. The molecule has 0 radical (unpaired) electrons. The topological polar surface area (TPSA) is 49.3 Å². The van der Waals surface area contributed by atoms with Crippen LogP contribution in [0.4, 0.5) is 10.1 Å². The molecule has 1 aliphatic rings. The Labute approximate surface area is 106 Å². The number of halogens is 1. The van der Waals surface area contributed by atoms with Gasteiger partial charge in [0.15, 0.2) is 0 Å². The predicted molar refractivity (Wildman–Crippen MR) is 68.4 cm³/mol. The van der Waals surface area contributed by atoms with Gasteiger partial charge in [-0.05, 0) is 37.0 Å². The van der Waals surface area contributed by atoms with Crippen LogP contribution in [0.25, 0.3) is 0 Å². The van der Waals surface area contributed by atoms with Crippen LogP contribution in [0.2, 0.25) is 0 Å². The molecule has 1 saturated carbocycles. The van der Waals surface area contributed by atoms with Crippen molar-refractivity contribution < 1.29 is 14.3 Å². The zero-order valence-corrected chi connectivity index (χ0v) is 10.4. The predicted octanol–water partition coefficient (Wildman–Crippen LogP) is 3.51. The fourth-order valence-electron chi connectivity index (χ4n) is 2.07. The number of rotatable bonds is 6. The standard InChI is InChI=1S/C14H18FNO2/c1-2-11(7-9-3-4-9)16-13-6-5-10(14(17)18)8-12(13)15/h5-6,8-9,11,16H,2-4,7H2,1H3,(H,17,18). The summed E-state index contributed by atoms with van der Waals surface area (Å²) < 4.78 is 13.7. The fraction of sp³-hybridized carbons (Fsp3) is 0.500. The van der Waals surface area contributed by atoms with E-state index >= 15 is 0 Å². The third kappa shape index (κ3) is 3.22. The first-order valence-electron chi connectivity index (χ1n) is 6.39. The third-order valence-electron chi connectivity index (χ3n) is 3.38. The van der Waals surface area contributed by atoms with E-state index in [0.29, 0.717) is 5.69 Å². The van der Waals surface area contributed by atoms with Crippen molar-refractivity contribution in [3.05, 3.63) is 29.6 Å². The zero-order chi connectivity index (χ0) is 13.1. The number of benzene rings is 1. The molecule has 0 bridgehead atoms. The van der Waals surface area contributed by atoms with Crippen molar-refractivity contribution in [2.75, 3.05) is 5.32 Å². The van der Waals surface area contributed by atoms with Crippen molar-refractivity contribution in [1.82, 2.24) is 0 Å². The minimum Gasteiger partial charge on any atom is -0.478 e. The van der Waals surface area contributed by atoms with Crippen LogP contribution in [0, 0.1) is 11.7 Å². The van der Waals surface area contributed by atoms with Crippen molar-refractivity contribution in [3.63, 3.8) is 0 Å². The second kappa shape index (κ2) is 5.38. The summed E-state index contributed by atoms with van der Waals surface area (Å²) in [6.45, 7) is 2.07. The third-order valence-corrected chi connectivity index (χ3v) is 3.38. The second-order valence-corrected chi connectivity index (χ2v) is 4.93. The van der Waals surface area contributed by atoms with Crippen LogP contribution < -0.4 is 5.32 Å². The van der Waals surface area contributed by atoms with Crippen molar-refractivity contribution in [3.8, 4) is 0 Å². The van der Waals surface area contributed by atoms with E-state index in [4.69, 9.17) is 5.11 Å². The molecule has 0 aliphatic heterocycles. The lowest BCUT2D eigenvalue weighted by molar-refractivity contribution is 0.0696. The molecule has 2 N–H and O–H groups in total. The van der Waals surface area contributed by atoms with Gasteiger partial charge in [-0.25, -0.2) is 9.18 Å². The number of nitrogens with one attached hydrogen (secondary N) is 1. The molecule has 0 aromatic heterocycles. The summed E-state index contributed by atoms with van der Waals surface area (Å²) in [7, 11) is 0. The lowest BCUT2D eigenvalue weighted by Crippen LogP contribution is -2.20. The molecule has 1 unspecified atom stereocenters. The van der Waals surface area contributed by atoms with E-state index in [2.05, 4.69) is 12.2 Å². The van der Waals surface area contributed by atoms with Crippen LogP contribution in [-0.2, 0) is 0 Å². The number of carboxylic acid groups (broad SMARTS) is 1. The van der Waals surface area contributed by atoms with Gasteiger partial charge in [0.1, 0.15) is 5.82 Å². The van der Waals surface area contributed by atoms with Gasteiger partial charge in [0.05, 0.1) is 11.3 Å². The van der Waals surface area contributed by atoms with Gasteiger partial charge in [0, 0.05) is 6.04 Å². The van der Waals surface area contributed by atoms with Crippen molar-refractivity contribution in [2.45, 2.75) is 38.6 Å². The molecule has 1 aromatic rings. The summed E-state index contributed by atoms with van der Waals surface area (Å²) in [5.74, 6) is -0.821. The van der Waals surface area contributed by atoms with E-state index in [9.17, 15) is 9.18 Å². The Bertz CT molecular complexity index is 443. The molecule has 0 heterocycles. The Kier molecular flexibility index (Phi) is 3.84. The summed E-state index contributed by atoms with van der Waals surface area (Å²) in [6, 6.07) is 4.27. The second-order valence-electron chi connectivity index (χ2n) is 4.93. The molecule has 3 nitrogen and oxygen atoms in total. The highest BCUT2D eigenvalue weighted by atomic mass is 19.1. The lowest BCUT2D eigenvalue weighted by Gasteiger charge is -2.18. The fourth-order valence-corrected chi connectivity index (χ4v) is 2.07. The minimum atomic E-state index is -1.11. The normalized spacial score (nSPS) is 16.3. The van der Waals surface area contributed by atoms with E-state index in [-0.39, 0.29) is 11.6 Å². The molecule has 1 fully saturated rings. The molecule has 1 aromatic carbocycles. The van der Waals surface area contributed by atoms with Crippen LogP contribution in [0.3, 0.4) is 0 Å². The highest BCUT2D eigenvalue weighted by molar-refractivity contribution is 5.88. The number of aromatic carboxylic acids is 1. The first-order chi connectivity index (χ1) is 8.60. The van der Waals surface area contributed by atoms with E-state index < -0.39 is 11.8 Å². The van der Waals surface area contributed by atoms with E-state index in [1.54, 1.807) is 0 Å². The van der Waals surface area contributed by atoms with Crippen molar-refractivity contribution >= 4 is 11.7 Å². The molecule has 1 aliphatic carbocycles. The van der Waals surface area contributed by atoms with Gasteiger partial charge in [-0.2, -0.15) is 0 Å². The van der Waals surface area contributed by atoms with Crippen LogP contribution in [0.1, 0.15) is 43.0 Å². The summed E-state index contributed by atoms with van der Waals surface area (Å²) in [4.78, 5) is 10.7. The van der Waals surface area contributed by atoms with Crippen molar-refractivity contribution in [2.24, 2.45) is 5.92 Å². The van der Waals surface area contributed by atoms with Crippen LogP contribution in [0.15, 0.2) is 18.2 Å². The molecule has 4 heteroatoms. The number of carbonyl (C=O) groups is 1. The Morgan fingerprint density at radius 2 is 2.28 bits per heavy atom. The van der Waals surface area contributed by atoms with Gasteiger partial charge in [-0.1, -0.05) is 19.8 Å². The average Bonchev–Trinajstić information content (AvgIpc) is 3.14. The summed E-state index contributed by atoms with van der Waals surface area (Å²) >= 11 is 0. The SMILES string of the molecule is CCC(CC1CC1)Nc1ccc(C(=O)O)cc1F. The van der Waals surface area contributed by atoms with Crippen LogP contribution in [0.5, 0.6) is 0 Å². The Balaban J connectivity index is 2.05. The maximum atomic E-state index is 13.7. The summed E-state index contributed by atoms with van der Waals surface area (Å²) in [5.41, 5.74) is 0.376. The van der Waals surface area contributed by atoms with Gasteiger partial charge >= 0.3 is 5.97 Å². The maximum absolute atomic E-state index is 13.7. The van der Waals surface area contributed by atoms with E-state index in [1.807, 2.05) is 0 Å². The smallest absolute Gasteiger partial charge is 0.335 e. The van der Waals surface area contributed by atoms with E-state index in [1.165, 1.54) is 25.0 Å². The minimum absolute atomic E-state index is 0.0201. The number of hydrogen-bond acceptors (Lipinski definition) is 2. The van der Waals surface area contributed by atoms with Gasteiger partial charge in [-0.3, -0.25) is 0 Å². The van der Waals surface area contributed by atoms with Gasteiger partial charge in [0.25, 0.3) is 0 Å². The summed E-state index contributed by atoms with van der Waals surface area (Å²) in [6.07, 6.45) is 4.56. The van der Waals surface area contributed by atoms with Crippen LogP contribution in [-0.4, -0.2) is 17.1 Å². The van der Waals surface area contributed by atoms with Gasteiger partial charge in [-0.15, -0.1) is 0 Å². The monoisotopic (exact) mass is 251 g/mol. The van der Waals surface area contributed by atoms with Gasteiger partial charge < -0.3 is 10.4 Å². The average molecular weight is 251 g/mol. The Morgan fingerprint density at radius 1 is 1.56 bits per heavy atom. The molecule has 18 heavy (non-hydrogen) atoms. The summed E-state index contributed by atoms with van der Waals surface area (Å²) in [5, 5.41) is 11.9. The van der Waals surface area contributed by atoms with Gasteiger partial charge in [0.2, 0.25) is 0 Å². The quantitative estimate of drug-likeness (QED) is 0.813. The molecular weight excluding hydrogens is 233 g/mol. The Morgan fingerprint density at radius 3 is 2.78 bits per heavy atom. The largest absolute Gasteiger partial charge is 0.478 e. The molecule has 0 spiro atoms. The maximum Gasteiger partial charge on any atom is 0.335 e. The molecule has 0 saturated heterocycles. The number of hydrogen-bond donors (Lipinski definition) is 2. The highest BCUT2D eigenvalue weighted by Gasteiger charge is 2.25. The number of anilines is 1.